The molecule has 1 aliphatic carbocycles. The van der Waals surface area contributed by atoms with Gasteiger partial charge >= 0.3 is 5.97 Å². The second kappa shape index (κ2) is 6.90. The molecule has 0 amide bonds. The van der Waals surface area contributed by atoms with Gasteiger partial charge in [-0.25, -0.2) is 4.79 Å². The summed E-state index contributed by atoms with van der Waals surface area (Å²) in [5.41, 5.74) is 1.23. The summed E-state index contributed by atoms with van der Waals surface area (Å²) < 4.78 is 5.06. The van der Waals surface area contributed by atoms with Crippen molar-refractivity contribution in [3.63, 3.8) is 0 Å². The highest BCUT2D eigenvalue weighted by Gasteiger charge is 2.04. The van der Waals surface area contributed by atoms with E-state index in [0.29, 0.717) is 0 Å². The summed E-state index contributed by atoms with van der Waals surface area (Å²) >= 11 is 0. The number of carbonyl (C=O) groups excluding carboxylic acids is 1. The summed E-state index contributed by atoms with van der Waals surface area (Å²) in [6.07, 6.45) is 9.85. The molecule has 0 fully saturated rings. The van der Waals surface area contributed by atoms with Gasteiger partial charge in [0.15, 0.2) is 6.10 Å². The minimum Gasteiger partial charge on any atom is -0.446 e. The van der Waals surface area contributed by atoms with Crippen LogP contribution in [0.15, 0.2) is 23.8 Å². The smallest absolute Gasteiger partial charge is 0.331 e. The fourth-order valence-corrected chi connectivity index (χ4v) is 1.64. The average Bonchev–Trinajstić information content (AvgIpc) is 2.28. The first-order chi connectivity index (χ1) is 7.72. The van der Waals surface area contributed by atoms with Gasteiger partial charge in [-0.2, -0.15) is 0 Å². The molecule has 0 aromatic carbocycles. The fraction of sp³-hybridized carbons (Fsp3) is 0.500. The number of allylic oxidation sites excluding steroid dienone is 3. The van der Waals surface area contributed by atoms with E-state index in [1.54, 1.807) is 13.8 Å². The molecular formula is C14H18O2. The normalized spacial score (nSPS) is 17.2. The summed E-state index contributed by atoms with van der Waals surface area (Å²) in [4.78, 5) is 11.4. The van der Waals surface area contributed by atoms with E-state index >= 15 is 0 Å². The molecule has 0 bridgehead atoms. The van der Waals surface area contributed by atoms with Gasteiger partial charge in [-0.05, 0) is 39.5 Å². The van der Waals surface area contributed by atoms with Crippen molar-refractivity contribution < 1.29 is 9.53 Å². The van der Waals surface area contributed by atoms with Crippen LogP contribution in [0.25, 0.3) is 0 Å². The van der Waals surface area contributed by atoms with Crippen LogP contribution in [0.4, 0.5) is 0 Å². The Hall–Kier alpha value is -1.49. The molecule has 2 heteroatoms. The Morgan fingerprint density at radius 2 is 2.38 bits per heavy atom. The van der Waals surface area contributed by atoms with Crippen molar-refractivity contribution in [1.82, 2.24) is 0 Å². The van der Waals surface area contributed by atoms with Gasteiger partial charge in [-0.15, -0.1) is 5.92 Å². The summed E-state index contributed by atoms with van der Waals surface area (Å²) in [7, 11) is 0. The Morgan fingerprint density at radius 3 is 3.00 bits per heavy atom. The predicted molar refractivity (Wildman–Crippen MR) is 64.7 cm³/mol. The van der Waals surface area contributed by atoms with Crippen molar-refractivity contribution in [2.24, 2.45) is 0 Å². The number of ether oxygens (including phenoxy) is 1. The van der Waals surface area contributed by atoms with Crippen LogP contribution in [0.5, 0.6) is 0 Å². The topological polar surface area (TPSA) is 26.3 Å². The zero-order valence-corrected chi connectivity index (χ0v) is 9.95. The standard InChI is InChI=1S/C14H18O2/c1-3-7-12(2)16-14(15)11-10-13-8-5-4-6-9-13/h8,10-12H,4-6,9H2,1-2H3/b11-10+. The number of rotatable bonds is 3. The Balaban J connectivity index is 2.40. The monoisotopic (exact) mass is 218 g/mol. The lowest BCUT2D eigenvalue weighted by molar-refractivity contribution is -0.139. The highest BCUT2D eigenvalue weighted by atomic mass is 16.5. The van der Waals surface area contributed by atoms with Crippen molar-refractivity contribution >= 4 is 5.97 Å². The molecular weight excluding hydrogens is 200 g/mol. The van der Waals surface area contributed by atoms with Crippen LogP contribution in [0, 0.1) is 11.8 Å². The second-order valence-electron chi connectivity index (χ2n) is 3.83. The number of hydrogen-bond donors (Lipinski definition) is 0. The van der Waals surface area contributed by atoms with E-state index in [1.165, 1.54) is 24.5 Å². The van der Waals surface area contributed by atoms with E-state index in [2.05, 4.69) is 17.9 Å². The molecule has 0 N–H and O–H groups in total. The fourth-order valence-electron chi connectivity index (χ4n) is 1.64. The Kier molecular flexibility index (Phi) is 5.42. The zero-order chi connectivity index (χ0) is 11.8. The lowest BCUT2D eigenvalue weighted by Crippen LogP contribution is -2.10. The van der Waals surface area contributed by atoms with Crippen LogP contribution in [0.3, 0.4) is 0 Å². The van der Waals surface area contributed by atoms with E-state index in [9.17, 15) is 4.79 Å². The van der Waals surface area contributed by atoms with Crippen LogP contribution in [-0.4, -0.2) is 12.1 Å². The molecule has 0 spiro atoms. The van der Waals surface area contributed by atoms with Gasteiger partial charge in [0, 0.05) is 6.08 Å². The third-order valence-corrected chi connectivity index (χ3v) is 2.40. The van der Waals surface area contributed by atoms with Gasteiger partial charge in [-0.3, -0.25) is 0 Å². The molecule has 0 saturated carbocycles. The molecule has 0 heterocycles. The van der Waals surface area contributed by atoms with E-state index in [4.69, 9.17) is 4.74 Å². The van der Waals surface area contributed by atoms with Gasteiger partial charge in [-0.1, -0.05) is 23.6 Å². The van der Waals surface area contributed by atoms with Crippen molar-refractivity contribution in [3.8, 4) is 11.8 Å². The van der Waals surface area contributed by atoms with Crippen molar-refractivity contribution in [3.05, 3.63) is 23.8 Å². The van der Waals surface area contributed by atoms with Crippen LogP contribution < -0.4 is 0 Å². The predicted octanol–water partition coefficient (Wildman–Crippen LogP) is 3.00. The number of esters is 1. The molecule has 1 aliphatic rings. The highest BCUT2D eigenvalue weighted by molar-refractivity contribution is 5.82. The molecule has 0 saturated heterocycles. The maximum absolute atomic E-state index is 11.4. The Morgan fingerprint density at radius 1 is 1.56 bits per heavy atom. The van der Waals surface area contributed by atoms with Crippen molar-refractivity contribution in [2.45, 2.75) is 45.6 Å². The Labute approximate surface area is 97.4 Å². The lowest BCUT2D eigenvalue weighted by Gasteiger charge is -2.08. The van der Waals surface area contributed by atoms with Crippen LogP contribution in [0.2, 0.25) is 0 Å². The van der Waals surface area contributed by atoms with E-state index < -0.39 is 0 Å². The number of hydrogen-bond acceptors (Lipinski definition) is 2. The second-order valence-corrected chi connectivity index (χ2v) is 3.83. The number of carbonyl (C=O) groups is 1. The summed E-state index contributed by atoms with van der Waals surface area (Å²) in [6, 6.07) is 0. The maximum atomic E-state index is 11.4. The molecule has 0 radical (unpaired) electrons. The first-order valence-corrected chi connectivity index (χ1v) is 5.72. The van der Waals surface area contributed by atoms with Crippen LogP contribution >= 0.6 is 0 Å². The van der Waals surface area contributed by atoms with E-state index in [1.807, 2.05) is 6.08 Å². The first kappa shape index (κ1) is 12.6. The molecule has 0 aromatic rings. The van der Waals surface area contributed by atoms with Crippen LogP contribution in [-0.2, 0) is 9.53 Å². The largest absolute Gasteiger partial charge is 0.446 e. The van der Waals surface area contributed by atoms with Gasteiger partial charge < -0.3 is 4.74 Å². The summed E-state index contributed by atoms with van der Waals surface area (Å²) in [5.74, 6) is 5.17. The molecule has 86 valence electrons. The van der Waals surface area contributed by atoms with Gasteiger partial charge in [0.25, 0.3) is 0 Å². The van der Waals surface area contributed by atoms with Crippen molar-refractivity contribution in [1.29, 1.82) is 0 Å². The third-order valence-electron chi connectivity index (χ3n) is 2.40. The quantitative estimate of drug-likeness (QED) is 0.413. The first-order valence-electron chi connectivity index (χ1n) is 5.72. The highest BCUT2D eigenvalue weighted by Crippen LogP contribution is 2.17. The van der Waals surface area contributed by atoms with Crippen LogP contribution in [0.1, 0.15) is 39.5 Å². The van der Waals surface area contributed by atoms with E-state index in [-0.39, 0.29) is 12.1 Å². The van der Waals surface area contributed by atoms with Crippen molar-refractivity contribution in [2.75, 3.05) is 0 Å². The summed E-state index contributed by atoms with van der Waals surface area (Å²) in [5, 5.41) is 0. The lowest BCUT2D eigenvalue weighted by atomic mass is 9.99. The molecule has 0 aliphatic heterocycles. The molecule has 1 unspecified atom stereocenters. The summed E-state index contributed by atoms with van der Waals surface area (Å²) in [6.45, 7) is 3.50. The van der Waals surface area contributed by atoms with Gasteiger partial charge in [0.1, 0.15) is 0 Å². The zero-order valence-electron chi connectivity index (χ0n) is 9.95. The minimum atomic E-state index is -0.331. The minimum absolute atomic E-state index is 0.318. The molecule has 1 atom stereocenters. The molecule has 1 rings (SSSR count). The third kappa shape index (κ3) is 4.84. The Bertz CT molecular complexity index is 353. The molecule has 16 heavy (non-hydrogen) atoms. The van der Waals surface area contributed by atoms with E-state index in [0.717, 1.165) is 12.8 Å². The molecule has 2 nitrogen and oxygen atoms in total. The maximum Gasteiger partial charge on any atom is 0.331 e. The van der Waals surface area contributed by atoms with Gasteiger partial charge in [0.2, 0.25) is 0 Å². The SMILES string of the molecule is CC#CC(C)OC(=O)/C=C/C1=CCCCC1. The van der Waals surface area contributed by atoms with Gasteiger partial charge in [0.05, 0.1) is 0 Å². The average molecular weight is 218 g/mol. The molecule has 0 aromatic heterocycles.